The van der Waals surface area contributed by atoms with Gasteiger partial charge in [0.2, 0.25) is 5.91 Å². The van der Waals surface area contributed by atoms with Crippen molar-refractivity contribution in [1.29, 1.82) is 0 Å². The number of nitro benzene ring substituents is 1. The molecule has 0 aliphatic carbocycles. The van der Waals surface area contributed by atoms with E-state index in [1.807, 2.05) is 0 Å². The number of ketones is 1. The van der Waals surface area contributed by atoms with Crippen LogP contribution in [0.25, 0.3) is 0 Å². The van der Waals surface area contributed by atoms with Crippen LogP contribution in [0.4, 0.5) is 17.1 Å². The molecule has 3 aromatic carbocycles. The minimum Gasteiger partial charge on any atom is -0.322 e. The third-order valence-corrected chi connectivity index (χ3v) is 6.67. The van der Waals surface area contributed by atoms with Crippen LogP contribution in [0.2, 0.25) is 10.0 Å². The zero-order chi connectivity index (χ0) is 26.9. The van der Waals surface area contributed by atoms with Gasteiger partial charge in [0.05, 0.1) is 4.92 Å². The zero-order valence-electron chi connectivity index (χ0n) is 19.8. The molecule has 2 amide bonds. The predicted molar refractivity (Wildman–Crippen MR) is 142 cm³/mol. The Morgan fingerprint density at radius 1 is 0.973 bits per heavy atom. The van der Waals surface area contributed by atoms with Crippen molar-refractivity contribution in [3.8, 4) is 0 Å². The lowest BCUT2D eigenvalue weighted by atomic mass is 9.74. The maximum absolute atomic E-state index is 13.8. The third kappa shape index (κ3) is 5.26. The number of nitrogens with zero attached hydrogens (tertiary/aromatic N) is 2. The Bertz CT molecular complexity index is 1440. The topological polar surface area (TPSA) is 110 Å². The lowest BCUT2D eigenvalue weighted by molar-refractivity contribution is -0.384. The SMILES string of the molecule is CC(=O)[C@@H]1C(=O)N(c2ccc(Cl)cc2)C(C)=C(C(=O)Nc2ccc(Cl)cc2)[C@H]1c1cccc([N+](=O)[O-])c1. The van der Waals surface area contributed by atoms with E-state index in [1.54, 1.807) is 61.5 Å². The van der Waals surface area contributed by atoms with Crippen LogP contribution in [-0.4, -0.2) is 22.5 Å². The second kappa shape index (κ2) is 10.5. The fourth-order valence-electron chi connectivity index (χ4n) is 4.51. The summed E-state index contributed by atoms with van der Waals surface area (Å²) in [7, 11) is 0. The molecule has 8 nitrogen and oxygen atoms in total. The number of halogens is 2. The zero-order valence-corrected chi connectivity index (χ0v) is 21.3. The first-order chi connectivity index (χ1) is 17.6. The normalized spacial score (nSPS) is 17.5. The molecule has 0 saturated carbocycles. The second-order valence-electron chi connectivity index (χ2n) is 8.53. The van der Waals surface area contributed by atoms with E-state index in [2.05, 4.69) is 5.32 Å². The van der Waals surface area contributed by atoms with E-state index in [-0.39, 0.29) is 17.0 Å². The first-order valence-corrected chi connectivity index (χ1v) is 12.0. The molecule has 1 heterocycles. The lowest BCUT2D eigenvalue weighted by Gasteiger charge is -2.39. The minimum absolute atomic E-state index is 0.130. The van der Waals surface area contributed by atoms with E-state index < -0.39 is 34.4 Å². The molecule has 2 atom stereocenters. The van der Waals surface area contributed by atoms with Crippen molar-refractivity contribution in [2.24, 2.45) is 5.92 Å². The Morgan fingerprint density at radius 2 is 1.57 bits per heavy atom. The number of non-ortho nitro benzene ring substituents is 1. The number of hydrogen-bond donors (Lipinski definition) is 1. The highest BCUT2D eigenvalue weighted by atomic mass is 35.5. The molecular formula is C27H21Cl2N3O5. The van der Waals surface area contributed by atoms with Crippen molar-refractivity contribution >= 4 is 57.9 Å². The maximum Gasteiger partial charge on any atom is 0.269 e. The molecule has 10 heteroatoms. The fraction of sp³-hybridized carbons (Fsp3) is 0.148. The number of nitro groups is 1. The summed E-state index contributed by atoms with van der Waals surface area (Å²) in [5.41, 5.74) is 1.37. The standard InChI is InChI=1S/C27H21Cl2N3O5/c1-15-23(26(34)30-20-10-6-18(28)7-11-20)25(17-4-3-5-22(14-17)32(36)37)24(16(2)33)27(35)31(15)21-12-8-19(29)9-13-21/h3-14,24-25H,1-2H3,(H,30,34)/t24-,25+/m0/s1. The first kappa shape index (κ1) is 26.1. The second-order valence-corrected chi connectivity index (χ2v) is 9.40. The summed E-state index contributed by atoms with van der Waals surface area (Å²) in [6.45, 7) is 2.87. The van der Waals surface area contributed by atoms with Crippen LogP contribution < -0.4 is 10.2 Å². The van der Waals surface area contributed by atoms with Crippen LogP contribution in [0.15, 0.2) is 84.1 Å². The third-order valence-electron chi connectivity index (χ3n) is 6.17. The van der Waals surface area contributed by atoms with Gasteiger partial charge in [-0.25, -0.2) is 0 Å². The Balaban J connectivity index is 1.94. The number of Topliss-reactive ketones (excluding diaryl/α,β-unsaturated/α-hetero) is 1. The van der Waals surface area contributed by atoms with Gasteiger partial charge >= 0.3 is 0 Å². The van der Waals surface area contributed by atoms with Crippen LogP contribution in [0.1, 0.15) is 25.3 Å². The van der Waals surface area contributed by atoms with Crippen LogP contribution in [0, 0.1) is 16.0 Å². The van der Waals surface area contributed by atoms with Crippen molar-refractivity contribution in [2.45, 2.75) is 19.8 Å². The summed E-state index contributed by atoms with van der Waals surface area (Å²) in [5, 5.41) is 15.2. The molecule has 0 unspecified atom stereocenters. The molecule has 188 valence electrons. The molecule has 1 aliphatic rings. The molecule has 1 aliphatic heterocycles. The smallest absolute Gasteiger partial charge is 0.269 e. The predicted octanol–water partition coefficient (Wildman–Crippen LogP) is 6.15. The minimum atomic E-state index is -1.30. The average Bonchev–Trinajstić information content (AvgIpc) is 2.86. The Hall–Kier alpha value is -4.01. The van der Waals surface area contributed by atoms with E-state index in [4.69, 9.17) is 23.2 Å². The number of benzene rings is 3. The highest BCUT2D eigenvalue weighted by Gasteiger charge is 2.47. The molecule has 0 radical (unpaired) electrons. The van der Waals surface area contributed by atoms with Gasteiger partial charge in [-0.15, -0.1) is 0 Å². The Morgan fingerprint density at radius 3 is 2.14 bits per heavy atom. The summed E-state index contributed by atoms with van der Waals surface area (Å²) in [6.07, 6.45) is 0. The van der Waals surface area contributed by atoms with Gasteiger partial charge < -0.3 is 5.32 Å². The summed E-state index contributed by atoms with van der Waals surface area (Å²) in [5.74, 6) is -3.95. The molecule has 0 aromatic heterocycles. The number of allylic oxidation sites excluding steroid dienone is 1. The number of anilines is 2. The molecule has 0 saturated heterocycles. The van der Waals surface area contributed by atoms with Crippen molar-refractivity contribution < 1.29 is 19.3 Å². The number of rotatable bonds is 6. The highest BCUT2D eigenvalue weighted by molar-refractivity contribution is 6.31. The molecule has 1 N–H and O–H groups in total. The number of amides is 2. The van der Waals surface area contributed by atoms with E-state index in [0.717, 1.165) is 0 Å². The van der Waals surface area contributed by atoms with Gasteiger partial charge in [-0.2, -0.15) is 0 Å². The van der Waals surface area contributed by atoms with E-state index in [0.29, 0.717) is 27.0 Å². The summed E-state index contributed by atoms with van der Waals surface area (Å²) in [6, 6.07) is 18.5. The summed E-state index contributed by atoms with van der Waals surface area (Å²) < 4.78 is 0. The van der Waals surface area contributed by atoms with Gasteiger partial charge in [0.25, 0.3) is 11.6 Å². The van der Waals surface area contributed by atoms with Gasteiger partial charge in [-0.3, -0.25) is 29.4 Å². The lowest BCUT2D eigenvalue weighted by Crippen LogP contribution is -2.48. The van der Waals surface area contributed by atoms with Crippen molar-refractivity contribution in [3.63, 3.8) is 0 Å². The molecule has 0 bridgehead atoms. The summed E-state index contributed by atoms with van der Waals surface area (Å²) in [4.78, 5) is 52.7. The van der Waals surface area contributed by atoms with E-state index >= 15 is 0 Å². The molecular weight excluding hydrogens is 517 g/mol. The fourth-order valence-corrected chi connectivity index (χ4v) is 4.76. The number of hydrogen-bond acceptors (Lipinski definition) is 5. The summed E-state index contributed by atoms with van der Waals surface area (Å²) >= 11 is 12.0. The van der Waals surface area contributed by atoms with Gasteiger partial charge in [-0.05, 0) is 67.9 Å². The monoisotopic (exact) mass is 537 g/mol. The van der Waals surface area contributed by atoms with Crippen LogP contribution in [0.5, 0.6) is 0 Å². The van der Waals surface area contributed by atoms with Crippen LogP contribution in [-0.2, 0) is 14.4 Å². The quantitative estimate of drug-likeness (QED) is 0.230. The number of nitrogens with one attached hydrogen (secondary N) is 1. The van der Waals surface area contributed by atoms with Gasteiger partial charge in [0.15, 0.2) is 0 Å². The molecule has 0 fully saturated rings. The Labute approximate surface area is 222 Å². The van der Waals surface area contributed by atoms with Gasteiger partial charge in [-0.1, -0.05) is 35.3 Å². The first-order valence-electron chi connectivity index (χ1n) is 11.2. The van der Waals surface area contributed by atoms with Crippen LogP contribution >= 0.6 is 23.2 Å². The van der Waals surface area contributed by atoms with E-state index in [1.165, 1.54) is 30.0 Å². The van der Waals surface area contributed by atoms with Crippen molar-refractivity contribution in [3.05, 3.63) is 110 Å². The molecule has 3 aromatic rings. The van der Waals surface area contributed by atoms with Crippen LogP contribution in [0.3, 0.4) is 0 Å². The molecule has 4 rings (SSSR count). The largest absolute Gasteiger partial charge is 0.322 e. The average molecular weight is 538 g/mol. The number of carbonyl (C=O) groups is 3. The molecule has 37 heavy (non-hydrogen) atoms. The van der Waals surface area contributed by atoms with Gasteiger partial charge in [0, 0.05) is 50.7 Å². The number of carbonyl (C=O) groups excluding carboxylic acids is 3. The van der Waals surface area contributed by atoms with Gasteiger partial charge in [0.1, 0.15) is 11.7 Å². The molecule has 0 spiro atoms. The highest BCUT2D eigenvalue weighted by Crippen LogP contribution is 2.43. The van der Waals surface area contributed by atoms with E-state index in [9.17, 15) is 24.5 Å². The van der Waals surface area contributed by atoms with Crippen molar-refractivity contribution in [2.75, 3.05) is 10.2 Å². The maximum atomic E-state index is 13.8. The van der Waals surface area contributed by atoms with Crippen molar-refractivity contribution in [1.82, 2.24) is 0 Å². The Kier molecular flexibility index (Phi) is 7.42.